The first-order valence-corrected chi connectivity index (χ1v) is 9.31. The van der Waals surface area contributed by atoms with Gasteiger partial charge in [-0.25, -0.2) is 4.99 Å². The predicted octanol–water partition coefficient (Wildman–Crippen LogP) is 4.03. The fourth-order valence-electron chi connectivity index (χ4n) is 2.21. The van der Waals surface area contributed by atoms with Gasteiger partial charge < -0.3 is 15.4 Å². The van der Waals surface area contributed by atoms with Crippen molar-refractivity contribution in [3.8, 4) is 5.75 Å². The van der Waals surface area contributed by atoms with Gasteiger partial charge in [-0.2, -0.15) is 0 Å². The van der Waals surface area contributed by atoms with Crippen LogP contribution in [-0.2, 0) is 6.42 Å². The molecule has 2 aromatic rings. The molecule has 0 amide bonds. The van der Waals surface area contributed by atoms with Gasteiger partial charge in [-0.1, -0.05) is 18.2 Å². The van der Waals surface area contributed by atoms with Crippen LogP contribution >= 0.6 is 39.9 Å². The second kappa shape index (κ2) is 12.9. The zero-order valence-electron chi connectivity index (χ0n) is 15.1. The second-order valence-electron chi connectivity index (χ2n) is 5.58. The van der Waals surface area contributed by atoms with E-state index in [0.29, 0.717) is 6.54 Å². The van der Waals surface area contributed by atoms with Gasteiger partial charge in [-0.15, -0.1) is 24.0 Å². The summed E-state index contributed by atoms with van der Waals surface area (Å²) in [5, 5.41) is 6.59. The van der Waals surface area contributed by atoms with Crippen LogP contribution in [-0.4, -0.2) is 36.7 Å². The van der Waals surface area contributed by atoms with Crippen LogP contribution < -0.4 is 15.4 Å². The van der Waals surface area contributed by atoms with Crippen LogP contribution in [0.2, 0.25) is 0 Å². The van der Waals surface area contributed by atoms with Crippen molar-refractivity contribution in [3.05, 3.63) is 58.8 Å². The molecule has 5 nitrogen and oxygen atoms in total. The fourth-order valence-corrected chi connectivity index (χ4v) is 2.59. The molecule has 1 aromatic carbocycles. The maximum atomic E-state index is 5.93. The molecule has 1 aromatic heterocycles. The van der Waals surface area contributed by atoms with E-state index < -0.39 is 0 Å². The summed E-state index contributed by atoms with van der Waals surface area (Å²) < 4.78 is 6.88. The van der Waals surface area contributed by atoms with Gasteiger partial charge in [0.2, 0.25) is 0 Å². The van der Waals surface area contributed by atoms with Crippen molar-refractivity contribution in [3.63, 3.8) is 0 Å². The Morgan fingerprint density at radius 2 is 1.96 bits per heavy atom. The molecule has 2 rings (SSSR count). The van der Waals surface area contributed by atoms with Crippen LogP contribution in [0, 0.1) is 0 Å². The number of benzene rings is 1. The smallest absolute Gasteiger partial charge is 0.191 e. The quantitative estimate of drug-likeness (QED) is 0.306. The van der Waals surface area contributed by atoms with Gasteiger partial charge >= 0.3 is 0 Å². The molecule has 0 aliphatic heterocycles. The Kier molecular flexibility index (Phi) is 11.3. The first-order chi connectivity index (χ1) is 12.2. The fraction of sp³-hybridized carbons (Fsp3) is 0.368. The maximum absolute atomic E-state index is 5.93. The standard InChI is InChI=1S/C19H25BrN4O.HI/c1-3-21-19(23-13-11-16-8-6-7-12-22-16)24-14-15(2)25-18-10-5-4-9-17(18)20;/h4-10,12,15H,3,11,13-14H2,1-2H3,(H2,21,23,24);1H. The van der Waals surface area contributed by atoms with Gasteiger partial charge in [0.25, 0.3) is 0 Å². The Morgan fingerprint density at radius 3 is 2.65 bits per heavy atom. The minimum absolute atomic E-state index is 0. The van der Waals surface area contributed by atoms with Crippen LogP contribution in [0.5, 0.6) is 5.75 Å². The number of hydrogen-bond donors (Lipinski definition) is 2. The van der Waals surface area contributed by atoms with Crippen LogP contribution in [0.4, 0.5) is 0 Å². The van der Waals surface area contributed by atoms with E-state index in [1.807, 2.05) is 55.6 Å². The predicted molar refractivity (Wildman–Crippen MR) is 122 cm³/mol. The lowest BCUT2D eigenvalue weighted by molar-refractivity contribution is 0.228. The van der Waals surface area contributed by atoms with Gasteiger partial charge in [0.15, 0.2) is 5.96 Å². The van der Waals surface area contributed by atoms with E-state index in [9.17, 15) is 0 Å². The Bertz CT molecular complexity index is 670. The van der Waals surface area contributed by atoms with Crippen LogP contribution in [0.25, 0.3) is 0 Å². The number of ether oxygens (including phenoxy) is 1. The number of guanidine groups is 1. The summed E-state index contributed by atoms with van der Waals surface area (Å²) in [5.41, 5.74) is 1.07. The zero-order valence-corrected chi connectivity index (χ0v) is 19.0. The zero-order chi connectivity index (χ0) is 17.9. The van der Waals surface area contributed by atoms with Crippen molar-refractivity contribution in [2.45, 2.75) is 26.4 Å². The molecule has 0 aliphatic carbocycles. The van der Waals surface area contributed by atoms with E-state index in [4.69, 9.17) is 4.74 Å². The van der Waals surface area contributed by atoms with Crippen molar-refractivity contribution < 1.29 is 4.74 Å². The highest BCUT2D eigenvalue weighted by Gasteiger charge is 2.07. The average Bonchev–Trinajstić information content (AvgIpc) is 2.62. The number of nitrogens with one attached hydrogen (secondary N) is 2. The highest BCUT2D eigenvalue weighted by molar-refractivity contribution is 14.0. The van der Waals surface area contributed by atoms with E-state index in [1.165, 1.54) is 0 Å². The lowest BCUT2D eigenvalue weighted by atomic mass is 10.3. The summed E-state index contributed by atoms with van der Waals surface area (Å²) in [6, 6.07) is 13.8. The summed E-state index contributed by atoms with van der Waals surface area (Å²) in [6.45, 7) is 6.23. The first kappa shape index (κ1) is 22.7. The molecule has 26 heavy (non-hydrogen) atoms. The Hall–Kier alpha value is -1.35. The highest BCUT2D eigenvalue weighted by atomic mass is 127. The SMILES string of the molecule is CCNC(=NCC(C)Oc1ccccc1Br)NCCc1ccccn1.I. The third-order valence-corrected chi connectivity index (χ3v) is 4.07. The summed E-state index contributed by atoms with van der Waals surface area (Å²) in [4.78, 5) is 8.93. The molecule has 1 unspecified atom stereocenters. The van der Waals surface area contributed by atoms with Crippen molar-refractivity contribution in [2.24, 2.45) is 4.99 Å². The number of aliphatic imine (C=N–C) groups is 1. The lowest BCUT2D eigenvalue weighted by Gasteiger charge is -2.16. The topological polar surface area (TPSA) is 58.5 Å². The molecular formula is C19H26BrIN4O. The van der Waals surface area contributed by atoms with E-state index in [1.54, 1.807) is 0 Å². The minimum Gasteiger partial charge on any atom is -0.488 e. The highest BCUT2D eigenvalue weighted by Crippen LogP contribution is 2.24. The monoisotopic (exact) mass is 532 g/mol. The van der Waals surface area contributed by atoms with Gasteiger partial charge in [-0.05, 0) is 54.0 Å². The molecule has 7 heteroatoms. The second-order valence-corrected chi connectivity index (χ2v) is 6.43. The molecule has 0 saturated heterocycles. The molecule has 2 N–H and O–H groups in total. The number of halogens is 2. The number of nitrogens with zero attached hydrogens (tertiary/aromatic N) is 2. The molecule has 0 aliphatic rings. The van der Waals surface area contributed by atoms with Crippen LogP contribution in [0.1, 0.15) is 19.5 Å². The third-order valence-electron chi connectivity index (χ3n) is 3.42. The van der Waals surface area contributed by atoms with Gasteiger partial charge in [-0.3, -0.25) is 4.98 Å². The average molecular weight is 533 g/mol. The summed E-state index contributed by atoms with van der Waals surface area (Å²) in [6.07, 6.45) is 2.65. The first-order valence-electron chi connectivity index (χ1n) is 8.52. The molecule has 0 saturated carbocycles. The third kappa shape index (κ3) is 8.35. The number of rotatable bonds is 8. The summed E-state index contributed by atoms with van der Waals surface area (Å²) in [7, 11) is 0. The molecular weight excluding hydrogens is 507 g/mol. The maximum Gasteiger partial charge on any atom is 0.191 e. The number of aromatic nitrogens is 1. The Balaban J connectivity index is 0.00000338. The summed E-state index contributed by atoms with van der Waals surface area (Å²) in [5.74, 6) is 1.62. The Morgan fingerprint density at radius 1 is 1.19 bits per heavy atom. The van der Waals surface area contributed by atoms with E-state index in [0.717, 1.165) is 41.4 Å². The molecule has 1 heterocycles. The van der Waals surface area contributed by atoms with Crippen molar-refractivity contribution >= 4 is 45.9 Å². The molecule has 0 fully saturated rings. The van der Waals surface area contributed by atoms with E-state index in [2.05, 4.69) is 43.5 Å². The Labute approximate surface area is 181 Å². The van der Waals surface area contributed by atoms with Crippen molar-refractivity contribution in [1.29, 1.82) is 0 Å². The van der Waals surface area contributed by atoms with Gasteiger partial charge in [0.1, 0.15) is 11.9 Å². The van der Waals surface area contributed by atoms with Crippen molar-refractivity contribution in [1.82, 2.24) is 15.6 Å². The number of para-hydroxylation sites is 1. The molecule has 142 valence electrons. The van der Waals surface area contributed by atoms with Crippen LogP contribution in [0.3, 0.4) is 0 Å². The molecule has 0 spiro atoms. The molecule has 0 bridgehead atoms. The largest absolute Gasteiger partial charge is 0.488 e. The lowest BCUT2D eigenvalue weighted by Crippen LogP contribution is -2.39. The van der Waals surface area contributed by atoms with Gasteiger partial charge in [0.05, 0.1) is 11.0 Å². The molecule has 0 radical (unpaired) electrons. The van der Waals surface area contributed by atoms with Gasteiger partial charge in [0, 0.05) is 31.4 Å². The number of hydrogen-bond acceptors (Lipinski definition) is 3. The van der Waals surface area contributed by atoms with E-state index in [-0.39, 0.29) is 30.1 Å². The van der Waals surface area contributed by atoms with Crippen molar-refractivity contribution in [2.75, 3.05) is 19.6 Å². The normalized spacial score (nSPS) is 12.0. The van der Waals surface area contributed by atoms with E-state index >= 15 is 0 Å². The summed E-state index contributed by atoms with van der Waals surface area (Å²) >= 11 is 3.49. The molecule has 1 atom stereocenters. The number of pyridine rings is 1. The minimum atomic E-state index is -0.0232. The van der Waals surface area contributed by atoms with Crippen LogP contribution in [0.15, 0.2) is 58.1 Å².